The molecule has 0 aliphatic heterocycles. The van der Waals surface area contributed by atoms with Gasteiger partial charge in [0.05, 0.1) is 0 Å². The Morgan fingerprint density at radius 1 is 1.33 bits per heavy atom. The van der Waals surface area contributed by atoms with E-state index in [0.717, 1.165) is 12.2 Å². The lowest BCUT2D eigenvalue weighted by molar-refractivity contribution is 0.700. The predicted molar refractivity (Wildman–Crippen MR) is 64.3 cm³/mol. The van der Waals surface area contributed by atoms with Gasteiger partial charge in [-0.1, -0.05) is 12.1 Å². The number of nitrogens with one attached hydrogen (secondary N) is 1. The minimum absolute atomic E-state index is 0.371. The van der Waals surface area contributed by atoms with E-state index in [1.807, 2.05) is 25.4 Å². The van der Waals surface area contributed by atoms with Crippen LogP contribution in [0, 0.1) is 0 Å². The quantitative estimate of drug-likeness (QED) is 0.853. The van der Waals surface area contributed by atoms with Crippen LogP contribution in [0.15, 0.2) is 41.9 Å². The van der Waals surface area contributed by atoms with Crippen LogP contribution in [0.2, 0.25) is 0 Å². The van der Waals surface area contributed by atoms with Crippen LogP contribution < -0.4 is 5.32 Å². The zero-order valence-electron chi connectivity index (χ0n) is 8.68. The highest BCUT2D eigenvalue weighted by molar-refractivity contribution is 7.10. The molecule has 0 aromatic carbocycles. The van der Waals surface area contributed by atoms with Gasteiger partial charge in [-0.05, 0) is 30.6 Å². The molecule has 1 unspecified atom stereocenters. The summed E-state index contributed by atoms with van der Waals surface area (Å²) < 4.78 is 0. The predicted octanol–water partition coefficient (Wildman–Crippen LogP) is 2.49. The topological polar surface area (TPSA) is 24.9 Å². The van der Waals surface area contributed by atoms with Crippen molar-refractivity contribution in [1.82, 2.24) is 10.3 Å². The van der Waals surface area contributed by atoms with Crippen molar-refractivity contribution < 1.29 is 0 Å². The number of hydrogen-bond donors (Lipinski definition) is 1. The van der Waals surface area contributed by atoms with Crippen LogP contribution in [-0.4, -0.2) is 18.6 Å². The molecule has 0 bridgehead atoms. The maximum atomic E-state index is 4.42. The molecule has 2 nitrogen and oxygen atoms in total. The SMILES string of the molecule is CNCC(c1ccccn1)c1cccs1. The van der Waals surface area contributed by atoms with Crippen molar-refractivity contribution in [2.24, 2.45) is 0 Å². The van der Waals surface area contributed by atoms with Crippen molar-refractivity contribution in [2.45, 2.75) is 5.92 Å². The molecule has 0 radical (unpaired) electrons. The van der Waals surface area contributed by atoms with E-state index in [2.05, 4.69) is 33.9 Å². The third-order valence-corrected chi connectivity index (χ3v) is 3.33. The van der Waals surface area contributed by atoms with Crippen LogP contribution in [0.5, 0.6) is 0 Å². The Hall–Kier alpha value is -1.19. The Kier molecular flexibility index (Phi) is 3.48. The van der Waals surface area contributed by atoms with Gasteiger partial charge in [-0.25, -0.2) is 0 Å². The van der Waals surface area contributed by atoms with Crippen molar-refractivity contribution in [3.63, 3.8) is 0 Å². The van der Waals surface area contributed by atoms with Gasteiger partial charge in [0.1, 0.15) is 0 Å². The number of pyridine rings is 1. The Morgan fingerprint density at radius 3 is 2.87 bits per heavy atom. The zero-order valence-corrected chi connectivity index (χ0v) is 9.50. The van der Waals surface area contributed by atoms with Crippen molar-refractivity contribution in [3.8, 4) is 0 Å². The average Bonchev–Trinajstić information content (AvgIpc) is 2.80. The van der Waals surface area contributed by atoms with E-state index < -0.39 is 0 Å². The maximum Gasteiger partial charge on any atom is 0.0499 e. The largest absolute Gasteiger partial charge is 0.319 e. The fourth-order valence-electron chi connectivity index (χ4n) is 1.63. The first-order valence-electron chi connectivity index (χ1n) is 5.00. The van der Waals surface area contributed by atoms with Crippen LogP contribution in [0.3, 0.4) is 0 Å². The van der Waals surface area contributed by atoms with E-state index in [-0.39, 0.29) is 0 Å². The Balaban J connectivity index is 2.28. The summed E-state index contributed by atoms with van der Waals surface area (Å²) in [6.45, 7) is 0.928. The number of hydrogen-bond acceptors (Lipinski definition) is 3. The highest BCUT2D eigenvalue weighted by Crippen LogP contribution is 2.25. The van der Waals surface area contributed by atoms with E-state index in [1.54, 1.807) is 11.3 Å². The molecule has 1 N–H and O–H groups in total. The monoisotopic (exact) mass is 218 g/mol. The second-order valence-electron chi connectivity index (χ2n) is 3.38. The molecular formula is C12H14N2S. The summed E-state index contributed by atoms with van der Waals surface area (Å²) in [4.78, 5) is 5.78. The first-order chi connectivity index (χ1) is 7.42. The normalized spacial score (nSPS) is 12.6. The lowest BCUT2D eigenvalue weighted by Crippen LogP contribution is -2.18. The van der Waals surface area contributed by atoms with Crippen molar-refractivity contribution in [3.05, 3.63) is 52.5 Å². The zero-order chi connectivity index (χ0) is 10.5. The molecule has 2 rings (SSSR count). The molecule has 15 heavy (non-hydrogen) atoms. The molecule has 3 heteroatoms. The molecule has 2 aromatic heterocycles. The van der Waals surface area contributed by atoms with Gasteiger partial charge < -0.3 is 5.32 Å². The Bertz CT molecular complexity index is 383. The van der Waals surface area contributed by atoms with Crippen LogP contribution >= 0.6 is 11.3 Å². The molecule has 1 atom stereocenters. The molecule has 0 saturated heterocycles. The molecule has 78 valence electrons. The standard InChI is InChI=1S/C12H14N2S/c1-13-9-10(12-6-4-8-15-12)11-5-2-3-7-14-11/h2-8,10,13H,9H2,1H3. The second kappa shape index (κ2) is 5.05. The molecule has 0 spiro atoms. The number of likely N-dealkylation sites (N-methyl/N-ethyl adjacent to an activating group) is 1. The summed E-state index contributed by atoms with van der Waals surface area (Å²) in [6.07, 6.45) is 1.85. The fourth-order valence-corrected chi connectivity index (χ4v) is 2.47. The minimum atomic E-state index is 0.371. The first kappa shape index (κ1) is 10.3. The van der Waals surface area contributed by atoms with E-state index in [9.17, 15) is 0 Å². The summed E-state index contributed by atoms with van der Waals surface area (Å²) in [5, 5.41) is 5.33. The molecular weight excluding hydrogens is 204 g/mol. The lowest BCUT2D eigenvalue weighted by atomic mass is 10.0. The van der Waals surface area contributed by atoms with E-state index in [1.165, 1.54) is 4.88 Å². The van der Waals surface area contributed by atoms with Crippen LogP contribution in [-0.2, 0) is 0 Å². The van der Waals surface area contributed by atoms with E-state index >= 15 is 0 Å². The molecule has 0 amide bonds. The van der Waals surface area contributed by atoms with Gasteiger partial charge in [-0.2, -0.15) is 0 Å². The lowest BCUT2D eigenvalue weighted by Gasteiger charge is -2.13. The number of nitrogens with zero attached hydrogens (tertiary/aromatic N) is 1. The van der Waals surface area contributed by atoms with Crippen LogP contribution in [0.1, 0.15) is 16.5 Å². The van der Waals surface area contributed by atoms with Crippen LogP contribution in [0.25, 0.3) is 0 Å². The highest BCUT2D eigenvalue weighted by Gasteiger charge is 2.14. The minimum Gasteiger partial charge on any atom is -0.319 e. The second-order valence-corrected chi connectivity index (χ2v) is 4.36. The Morgan fingerprint density at radius 2 is 2.27 bits per heavy atom. The number of aromatic nitrogens is 1. The van der Waals surface area contributed by atoms with E-state index in [0.29, 0.717) is 5.92 Å². The molecule has 2 aromatic rings. The van der Waals surface area contributed by atoms with Crippen molar-refractivity contribution in [2.75, 3.05) is 13.6 Å². The summed E-state index contributed by atoms with van der Waals surface area (Å²) in [5.41, 5.74) is 1.13. The highest BCUT2D eigenvalue weighted by atomic mass is 32.1. The van der Waals surface area contributed by atoms with Gasteiger partial charge in [0.2, 0.25) is 0 Å². The molecule has 0 saturated carbocycles. The van der Waals surface area contributed by atoms with Crippen molar-refractivity contribution in [1.29, 1.82) is 0 Å². The average molecular weight is 218 g/mol. The summed E-state index contributed by atoms with van der Waals surface area (Å²) in [6, 6.07) is 10.3. The number of rotatable bonds is 4. The third kappa shape index (κ3) is 2.43. The smallest absolute Gasteiger partial charge is 0.0499 e. The van der Waals surface area contributed by atoms with Gasteiger partial charge in [0, 0.05) is 29.2 Å². The van der Waals surface area contributed by atoms with Gasteiger partial charge in [0.25, 0.3) is 0 Å². The summed E-state index contributed by atoms with van der Waals surface area (Å²) >= 11 is 1.79. The molecule has 0 aliphatic carbocycles. The third-order valence-electron chi connectivity index (χ3n) is 2.34. The van der Waals surface area contributed by atoms with E-state index in [4.69, 9.17) is 0 Å². The van der Waals surface area contributed by atoms with Gasteiger partial charge in [-0.3, -0.25) is 4.98 Å². The van der Waals surface area contributed by atoms with Crippen molar-refractivity contribution >= 4 is 11.3 Å². The van der Waals surface area contributed by atoms with Crippen LogP contribution in [0.4, 0.5) is 0 Å². The van der Waals surface area contributed by atoms with Gasteiger partial charge in [-0.15, -0.1) is 11.3 Å². The summed E-state index contributed by atoms with van der Waals surface area (Å²) in [7, 11) is 1.98. The first-order valence-corrected chi connectivity index (χ1v) is 5.88. The van der Waals surface area contributed by atoms with Gasteiger partial charge >= 0.3 is 0 Å². The summed E-state index contributed by atoms with van der Waals surface area (Å²) in [5.74, 6) is 0.371. The number of thiophene rings is 1. The van der Waals surface area contributed by atoms with Gasteiger partial charge in [0.15, 0.2) is 0 Å². The maximum absolute atomic E-state index is 4.42. The molecule has 2 heterocycles. The molecule has 0 fully saturated rings. The fraction of sp³-hybridized carbons (Fsp3) is 0.250. The molecule has 0 aliphatic rings. The Labute approximate surface area is 94.0 Å².